The van der Waals surface area contributed by atoms with Gasteiger partial charge in [-0.2, -0.15) is 0 Å². The fraction of sp³-hybridized carbons (Fsp3) is 0.154. The Morgan fingerprint density at radius 1 is 1.15 bits per heavy atom. The Morgan fingerprint density at radius 3 is 2.40 bits per heavy atom. The van der Waals surface area contributed by atoms with Crippen molar-refractivity contribution in [3.05, 3.63) is 47.6 Å². The number of hydrogen-bond donors (Lipinski definition) is 2. The van der Waals surface area contributed by atoms with Crippen molar-refractivity contribution in [2.45, 2.75) is 11.8 Å². The third-order valence-corrected chi connectivity index (χ3v) is 4.11. The lowest BCUT2D eigenvalue weighted by Crippen LogP contribution is -2.13. The highest BCUT2D eigenvalue weighted by atomic mass is 35.5. The molecule has 1 aromatic carbocycles. The van der Waals surface area contributed by atoms with E-state index in [0.29, 0.717) is 5.02 Å². The summed E-state index contributed by atoms with van der Waals surface area (Å²) in [4.78, 5) is 4.08. The molecule has 0 saturated heterocycles. The zero-order chi connectivity index (χ0) is 14.6. The molecule has 0 saturated carbocycles. The van der Waals surface area contributed by atoms with Gasteiger partial charge in [0.25, 0.3) is 10.0 Å². The van der Waals surface area contributed by atoms with Crippen LogP contribution in [0.3, 0.4) is 0 Å². The number of benzene rings is 1. The largest absolute Gasteiger partial charge is 0.385 e. The van der Waals surface area contributed by atoms with E-state index in [0.717, 1.165) is 12.2 Å². The third kappa shape index (κ3) is 3.61. The first-order valence-corrected chi connectivity index (χ1v) is 7.85. The van der Waals surface area contributed by atoms with Gasteiger partial charge in [-0.15, -0.1) is 0 Å². The van der Waals surface area contributed by atoms with Crippen molar-refractivity contribution in [1.82, 2.24) is 4.98 Å². The van der Waals surface area contributed by atoms with Crippen LogP contribution in [0.5, 0.6) is 0 Å². The fourth-order valence-electron chi connectivity index (χ4n) is 1.59. The zero-order valence-electron chi connectivity index (χ0n) is 10.8. The lowest BCUT2D eigenvalue weighted by molar-refractivity contribution is 0.601. The van der Waals surface area contributed by atoms with E-state index in [1.54, 1.807) is 18.2 Å². The van der Waals surface area contributed by atoms with Gasteiger partial charge in [0.1, 0.15) is 5.82 Å². The SMILES string of the molecule is CCNc1ccc(S(=O)(=O)Nc2ccc(Cl)cn2)cc1. The van der Waals surface area contributed by atoms with E-state index in [1.165, 1.54) is 24.4 Å². The molecule has 0 fully saturated rings. The highest BCUT2D eigenvalue weighted by molar-refractivity contribution is 7.92. The van der Waals surface area contributed by atoms with E-state index < -0.39 is 10.0 Å². The molecule has 0 aliphatic heterocycles. The Balaban J connectivity index is 2.19. The van der Waals surface area contributed by atoms with E-state index in [-0.39, 0.29) is 10.7 Å². The summed E-state index contributed by atoms with van der Waals surface area (Å²) in [5.74, 6) is 0.227. The minimum Gasteiger partial charge on any atom is -0.385 e. The molecular formula is C13H14ClN3O2S. The summed E-state index contributed by atoms with van der Waals surface area (Å²) in [5.41, 5.74) is 0.871. The van der Waals surface area contributed by atoms with E-state index in [4.69, 9.17) is 11.6 Å². The molecule has 0 aliphatic carbocycles. The molecule has 0 spiro atoms. The fourth-order valence-corrected chi connectivity index (χ4v) is 2.71. The second-order valence-corrected chi connectivity index (χ2v) is 6.14. The van der Waals surface area contributed by atoms with Crippen LogP contribution in [0.2, 0.25) is 5.02 Å². The van der Waals surface area contributed by atoms with Crippen molar-refractivity contribution in [2.75, 3.05) is 16.6 Å². The van der Waals surface area contributed by atoms with Gasteiger partial charge in [-0.1, -0.05) is 11.6 Å². The van der Waals surface area contributed by atoms with Gasteiger partial charge in [0.2, 0.25) is 0 Å². The molecule has 0 radical (unpaired) electrons. The maximum atomic E-state index is 12.2. The maximum absolute atomic E-state index is 12.2. The van der Waals surface area contributed by atoms with Crippen molar-refractivity contribution >= 4 is 33.1 Å². The highest BCUT2D eigenvalue weighted by Crippen LogP contribution is 2.18. The van der Waals surface area contributed by atoms with Gasteiger partial charge in [-0.25, -0.2) is 13.4 Å². The normalized spacial score (nSPS) is 11.1. The summed E-state index contributed by atoms with van der Waals surface area (Å²) >= 11 is 5.70. The Morgan fingerprint density at radius 2 is 1.85 bits per heavy atom. The monoisotopic (exact) mass is 311 g/mol. The van der Waals surface area contributed by atoms with Gasteiger partial charge in [-0.3, -0.25) is 4.72 Å². The van der Waals surface area contributed by atoms with Crippen molar-refractivity contribution in [2.24, 2.45) is 0 Å². The van der Waals surface area contributed by atoms with Crippen LogP contribution in [0.15, 0.2) is 47.5 Å². The number of nitrogens with one attached hydrogen (secondary N) is 2. The molecule has 1 aromatic heterocycles. The molecule has 0 bridgehead atoms. The summed E-state index contributed by atoms with van der Waals surface area (Å²) in [6.07, 6.45) is 1.38. The van der Waals surface area contributed by atoms with Gasteiger partial charge in [0, 0.05) is 18.4 Å². The van der Waals surface area contributed by atoms with Crippen LogP contribution in [0.25, 0.3) is 0 Å². The first-order chi connectivity index (χ1) is 9.51. The Kier molecular flexibility index (Phi) is 4.46. The number of pyridine rings is 1. The predicted molar refractivity (Wildman–Crippen MR) is 80.7 cm³/mol. The number of aromatic nitrogens is 1. The van der Waals surface area contributed by atoms with E-state index in [1.807, 2.05) is 6.92 Å². The summed E-state index contributed by atoms with van der Waals surface area (Å²) < 4.78 is 26.7. The number of rotatable bonds is 5. The molecule has 0 amide bonds. The van der Waals surface area contributed by atoms with E-state index >= 15 is 0 Å². The average Bonchev–Trinajstić information content (AvgIpc) is 2.42. The van der Waals surface area contributed by atoms with Crippen LogP contribution in [0, 0.1) is 0 Å². The number of sulfonamides is 1. The van der Waals surface area contributed by atoms with Gasteiger partial charge >= 0.3 is 0 Å². The molecule has 2 aromatic rings. The summed E-state index contributed by atoms with van der Waals surface area (Å²) in [7, 11) is -3.64. The standard InChI is InChI=1S/C13H14ClN3O2S/c1-2-15-11-4-6-12(7-5-11)20(18,19)17-13-8-3-10(14)9-16-13/h3-9,15H,2H2,1H3,(H,16,17). The molecule has 5 nitrogen and oxygen atoms in total. The maximum Gasteiger partial charge on any atom is 0.263 e. The number of hydrogen-bond acceptors (Lipinski definition) is 4. The molecule has 20 heavy (non-hydrogen) atoms. The second kappa shape index (κ2) is 6.11. The van der Waals surface area contributed by atoms with Crippen LogP contribution in [-0.4, -0.2) is 19.9 Å². The molecule has 2 N–H and O–H groups in total. The molecule has 106 valence electrons. The quantitative estimate of drug-likeness (QED) is 0.890. The number of halogens is 1. The lowest BCUT2D eigenvalue weighted by atomic mass is 10.3. The third-order valence-electron chi connectivity index (χ3n) is 2.51. The molecule has 0 atom stereocenters. The van der Waals surface area contributed by atoms with Crippen LogP contribution in [0.1, 0.15) is 6.92 Å². The first kappa shape index (κ1) is 14.6. The Labute approximate surface area is 123 Å². The summed E-state index contributed by atoms with van der Waals surface area (Å²) in [6.45, 7) is 2.75. The van der Waals surface area contributed by atoms with Crippen molar-refractivity contribution in [3.63, 3.8) is 0 Å². The Bertz CT molecular complexity index is 670. The highest BCUT2D eigenvalue weighted by Gasteiger charge is 2.14. The predicted octanol–water partition coefficient (Wildman–Crippen LogP) is 2.97. The van der Waals surface area contributed by atoms with Crippen LogP contribution < -0.4 is 10.0 Å². The van der Waals surface area contributed by atoms with Crippen LogP contribution >= 0.6 is 11.6 Å². The summed E-state index contributed by atoms with van der Waals surface area (Å²) in [5, 5.41) is 3.55. The van der Waals surface area contributed by atoms with E-state index in [2.05, 4.69) is 15.0 Å². The average molecular weight is 312 g/mol. The molecular weight excluding hydrogens is 298 g/mol. The molecule has 1 heterocycles. The summed E-state index contributed by atoms with van der Waals surface area (Å²) in [6, 6.07) is 9.58. The molecule has 0 aliphatic rings. The first-order valence-electron chi connectivity index (χ1n) is 5.99. The van der Waals surface area contributed by atoms with Crippen molar-refractivity contribution < 1.29 is 8.42 Å². The number of anilines is 2. The number of nitrogens with zero attached hydrogens (tertiary/aromatic N) is 1. The van der Waals surface area contributed by atoms with Gasteiger partial charge in [-0.05, 0) is 43.3 Å². The molecule has 0 unspecified atom stereocenters. The zero-order valence-corrected chi connectivity index (χ0v) is 12.4. The molecule has 7 heteroatoms. The van der Waals surface area contributed by atoms with Gasteiger partial charge in [0.15, 0.2) is 0 Å². The van der Waals surface area contributed by atoms with Crippen LogP contribution in [-0.2, 0) is 10.0 Å². The van der Waals surface area contributed by atoms with Crippen molar-refractivity contribution in [3.8, 4) is 0 Å². The van der Waals surface area contributed by atoms with Gasteiger partial charge in [0.05, 0.1) is 9.92 Å². The smallest absolute Gasteiger partial charge is 0.263 e. The van der Waals surface area contributed by atoms with Crippen molar-refractivity contribution in [1.29, 1.82) is 0 Å². The van der Waals surface area contributed by atoms with E-state index in [9.17, 15) is 8.42 Å². The topological polar surface area (TPSA) is 71.1 Å². The second-order valence-electron chi connectivity index (χ2n) is 4.02. The van der Waals surface area contributed by atoms with Crippen LogP contribution in [0.4, 0.5) is 11.5 Å². The lowest BCUT2D eigenvalue weighted by Gasteiger charge is -2.08. The minimum absolute atomic E-state index is 0.177. The molecule has 2 rings (SSSR count). The Hall–Kier alpha value is -1.79. The minimum atomic E-state index is -3.64. The van der Waals surface area contributed by atoms with Gasteiger partial charge < -0.3 is 5.32 Å².